The van der Waals surface area contributed by atoms with E-state index < -0.39 is 6.10 Å². The summed E-state index contributed by atoms with van der Waals surface area (Å²) in [5.41, 5.74) is 1.49. The number of aliphatic hydroxyl groups is 1. The summed E-state index contributed by atoms with van der Waals surface area (Å²) in [6.45, 7) is 2.59. The van der Waals surface area contributed by atoms with Crippen LogP contribution in [-0.2, 0) is 4.74 Å². The fraction of sp³-hybridized carbons (Fsp3) is 0.417. The van der Waals surface area contributed by atoms with E-state index in [1.807, 2.05) is 13.0 Å². The van der Waals surface area contributed by atoms with E-state index in [0.29, 0.717) is 24.5 Å². The third-order valence-corrected chi connectivity index (χ3v) is 2.60. The lowest BCUT2D eigenvalue weighted by atomic mass is 10.1. The zero-order chi connectivity index (χ0) is 11.5. The molecule has 0 radical (unpaired) electrons. The highest BCUT2D eigenvalue weighted by Gasteiger charge is 2.28. The molecule has 1 aromatic carbocycles. The standard InChI is InChI=1S/C12H13NO3/c1-8-2-3-9(5-13)4-11(8)16-12-7-15-6-10(12)14/h2-4,10,12,14H,6-7H2,1H3. The van der Waals surface area contributed by atoms with Crippen LogP contribution in [0.25, 0.3) is 0 Å². The van der Waals surface area contributed by atoms with E-state index in [1.165, 1.54) is 0 Å². The molecule has 0 saturated carbocycles. The first-order chi connectivity index (χ1) is 7.70. The van der Waals surface area contributed by atoms with Gasteiger partial charge in [0.05, 0.1) is 24.8 Å². The number of nitrogens with zero attached hydrogens (tertiary/aromatic N) is 1. The Kier molecular flexibility index (Phi) is 3.09. The molecule has 1 heterocycles. The molecule has 1 aliphatic rings. The van der Waals surface area contributed by atoms with Crippen LogP contribution in [0.4, 0.5) is 0 Å². The Morgan fingerprint density at radius 3 is 2.94 bits per heavy atom. The van der Waals surface area contributed by atoms with Crippen molar-refractivity contribution in [3.8, 4) is 11.8 Å². The van der Waals surface area contributed by atoms with Gasteiger partial charge in [-0.15, -0.1) is 0 Å². The monoisotopic (exact) mass is 219 g/mol. The van der Waals surface area contributed by atoms with Crippen LogP contribution in [0.15, 0.2) is 18.2 Å². The number of ether oxygens (including phenoxy) is 2. The Morgan fingerprint density at radius 1 is 1.50 bits per heavy atom. The summed E-state index contributed by atoms with van der Waals surface area (Å²) in [7, 11) is 0. The second kappa shape index (κ2) is 4.52. The van der Waals surface area contributed by atoms with Crippen molar-refractivity contribution in [2.45, 2.75) is 19.1 Å². The smallest absolute Gasteiger partial charge is 0.150 e. The summed E-state index contributed by atoms with van der Waals surface area (Å²) in [5, 5.41) is 18.3. The number of hydrogen-bond donors (Lipinski definition) is 1. The molecule has 1 aliphatic heterocycles. The van der Waals surface area contributed by atoms with E-state index in [9.17, 15) is 5.11 Å². The second-order valence-electron chi connectivity index (χ2n) is 3.85. The second-order valence-corrected chi connectivity index (χ2v) is 3.85. The molecule has 1 aromatic rings. The van der Waals surface area contributed by atoms with Crippen molar-refractivity contribution in [1.29, 1.82) is 5.26 Å². The minimum atomic E-state index is -0.592. The topological polar surface area (TPSA) is 62.5 Å². The van der Waals surface area contributed by atoms with E-state index in [4.69, 9.17) is 14.7 Å². The van der Waals surface area contributed by atoms with Crippen LogP contribution < -0.4 is 4.74 Å². The molecule has 2 rings (SSSR count). The van der Waals surface area contributed by atoms with Crippen molar-refractivity contribution >= 4 is 0 Å². The average Bonchev–Trinajstić information content (AvgIpc) is 2.68. The van der Waals surface area contributed by atoms with Crippen molar-refractivity contribution in [1.82, 2.24) is 0 Å². The Morgan fingerprint density at radius 2 is 2.31 bits per heavy atom. The molecule has 0 spiro atoms. The van der Waals surface area contributed by atoms with Crippen molar-refractivity contribution in [2.75, 3.05) is 13.2 Å². The third-order valence-electron chi connectivity index (χ3n) is 2.60. The molecule has 84 valence electrons. The molecule has 0 aromatic heterocycles. The lowest BCUT2D eigenvalue weighted by Gasteiger charge is -2.17. The highest BCUT2D eigenvalue weighted by atomic mass is 16.6. The van der Waals surface area contributed by atoms with Crippen LogP contribution in [0.2, 0.25) is 0 Å². The predicted octanol–water partition coefficient (Wildman–Crippen LogP) is 1.01. The van der Waals surface area contributed by atoms with Crippen LogP contribution in [0, 0.1) is 18.3 Å². The van der Waals surface area contributed by atoms with Crippen LogP contribution in [0.3, 0.4) is 0 Å². The van der Waals surface area contributed by atoms with Gasteiger partial charge in [0.15, 0.2) is 0 Å². The molecular formula is C12H13NO3. The SMILES string of the molecule is Cc1ccc(C#N)cc1OC1COCC1O. The minimum absolute atomic E-state index is 0.307. The lowest BCUT2D eigenvalue weighted by Crippen LogP contribution is -2.29. The van der Waals surface area contributed by atoms with Crippen LogP contribution in [-0.4, -0.2) is 30.5 Å². The summed E-state index contributed by atoms with van der Waals surface area (Å²) in [5.74, 6) is 0.633. The molecule has 4 nitrogen and oxygen atoms in total. The van der Waals surface area contributed by atoms with Crippen LogP contribution >= 0.6 is 0 Å². The molecule has 4 heteroatoms. The zero-order valence-corrected chi connectivity index (χ0v) is 9.01. The molecule has 1 N–H and O–H groups in total. The summed E-state index contributed by atoms with van der Waals surface area (Å²) in [4.78, 5) is 0. The third kappa shape index (κ3) is 2.16. The Labute approximate surface area is 94.0 Å². The van der Waals surface area contributed by atoms with Crippen LogP contribution in [0.1, 0.15) is 11.1 Å². The first-order valence-electron chi connectivity index (χ1n) is 5.14. The number of benzene rings is 1. The first-order valence-corrected chi connectivity index (χ1v) is 5.14. The Hall–Kier alpha value is -1.57. The highest BCUT2D eigenvalue weighted by Crippen LogP contribution is 2.22. The Bertz CT molecular complexity index is 425. The van der Waals surface area contributed by atoms with Gasteiger partial charge in [-0.1, -0.05) is 6.07 Å². The zero-order valence-electron chi connectivity index (χ0n) is 9.01. The van der Waals surface area contributed by atoms with Gasteiger partial charge in [-0.2, -0.15) is 5.26 Å². The van der Waals surface area contributed by atoms with Gasteiger partial charge in [0.2, 0.25) is 0 Å². The fourth-order valence-corrected chi connectivity index (χ4v) is 1.60. The van der Waals surface area contributed by atoms with Crippen molar-refractivity contribution in [3.05, 3.63) is 29.3 Å². The van der Waals surface area contributed by atoms with Gasteiger partial charge in [-0.3, -0.25) is 0 Å². The first kappa shape index (κ1) is 10.9. The molecule has 16 heavy (non-hydrogen) atoms. The van der Waals surface area contributed by atoms with Gasteiger partial charge in [-0.05, 0) is 24.6 Å². The highest BCUT2D eigenvalue weighted by molar-refractivity contribution is 5.41. The van der Waals surface area contributed by atoms with Gasteiger partial charge in [-0.25, -0.2) is 0 Å². The maximum absolute atomic E-state index is 9.55. The normalized spacial score (nSPS) is 24.1. The number of rotatable bonds is 2. The van der Waals surface area contributed by atoms with E-state index in [1.54, 1.807) is 12.1 Å². The van der Waals surface area contributed by atoms with Crippen molar-refractivity contribution in [3.63, 3.8) is 0 Å². The molecule has 2 atom stereocenters. The maximum atomic E-state index is 9.55. The van der Waals surface area contributed by atoms with Gasteiger partial charge >= 0.3 is 0 Å². The maximum Gasteiger partial charge on any atom is 0.150 e. The van der Waals surface area contributed by atoms with Gasteiger partial charge < -0.3 is 14.6 Å². The number of aryl methyl sites for hydroxylation is 1. The summed E-state index contributed by atoms with van der Waals surface area (Å²) < 4.78 is 10.7. The van der Waals surface area contributed by atoms with Gasteiger partial charge in [0.1, 0.15) is 18.0 Å². The number of nitriles is 1. The summed E-state index contributed by atoms with van der Waals surface area (Å²) in [6, 6.07) is 7.31. The van der Waals surface area contributed by atoms with E-state index >= 15 is 0 Å². The molecule has 2 unspecified atom stereocenters. The average molecular weight is 219 g/mol. The molecule has 0 amide bonds. The predicted molar refractivity (Wildman–Crippen MR) is 57.1 cm³/mol. The Balaban J connectivity index is 2.17. The largest absolute Gasteiger partial charge is 0.485 e. The molecule has 0 bridgehead atoms. The molecule has 0 aliphatic carbocycles. The number of hydrogen-bond acceptors (Lipinski definition) is 4. The minimum Gasteiger partial charge on any atom is -0.485 e. The van der Waals surface area contributed by atoms with Crippen LogP contribution in [0.5, 0.6) is 5.75 Å². The summed E-state index contributed by atoms with van der Waals surface area (Å²) >= 11 is 0. The van der Waals surface area contributed by atoms with Crippen molar-refractivity contribution < 1.29 is 14.6 Å². The lowest BCUT2D eigenvalue weighted by molar-refractivity contribution is 0.0729. The van der Waals surface area contributed by atoms with E-state index in [2.05, 4.69) is 6.07 Å². The van der Waals surface area contributed by atoms with E-state index in [-0.39, 0.29) is 6.10 Å². The molecule has 1 saturated heterocycles. The van der Waals surface area contributed by atoms with Gasteiger partial charge in [0, 0.05) is 0 Å². The summed E-state index contributed by atoms with van der Waals surface area (Å²) in [6.07, 6.45) is -0.933. The van der Waals surface area contributed by atoms with Crippen molar-refractivity contribution in [2.24, 2.45) is 0 Å². The fourth-order valence-electron chi connectivity index (χ4n) is 1.60. The molecule has 1 fully saturated rings. The molecular weight excluding hydrogens is 206 g/mol. The number of aliphatic hydroxyl groups excluding tert-OH is 1. The van der Waals surface area contributed by atoms with Gasteiger partial charge in [0.25, 0.3) is 0 Å². The quantitative estimate of drug-likeness (QED) is 0.806. The van der Waals surface area contributed by atoms with E-state index in [0.717, 1.165) is 5.56 Å².